The summed E-state index contributed by atoms with van der Waals surface area (Å²) in [6.45, 7) is 0. The van der Waals surface area contributed by atoms with E-state index in [0.717, 1.165) is 10.0 Å². The van der Waals surface area contributed by atoms with Gasteiger partial charge in [-0.05, 0) is 24.3 Å². The molecular formula is C13H18NS+. The van der Waals surface area contributed by atoms with Gasteiger partial charge in [0.25, 0.3) is 0 Å². The summed E-state index contributed by atoms with van der Waals surface area (Å²) in [5.74, 6) is 6.53. The highest BCUT2D eigenvalue weighted by atomic mass is 32.2. The summed E-state index contributed by atoms with van der Waals surface area (Å²) in [5, 5.41) is 0.324. The SMILES string of the molecule is CSC(C#Cc1ccccc1)[N+](C)(C)C. The molecule has 0 fully saturated rings. The summed E-state index contributed by atoms with van der Waals surface area (Å²) in [5.41, 5.74) is 1.09. The van der Waals surface area contributed by atoms with Gasteiger partial charge in [0.2, 0.25) is 0 Å². The van der Waals surface area contributed by atoms with Crippen LogP contribution in [0.5, 0.6) is 0 Å². The van der Waals surface area contributed by atoms with Crippen LogP contribution in [-0.4, -0.2) is 37.3 Å². The number of nitrogens with zero attached hydrogens (tertiary/aromatic N) is 1. The number of quaternary nitrogens is 1. The summed E-state index contributed by atoms with van der Waals surface area (Å²) < 4.78 is 0.862. The van der Waals surface area contributed by atoms with Crippen LogP contribution >= 0.6 is 11.8 Å². The van der Waals surface area contributed by atoms with Crippen molar-refractivity contribution in [2.24, 2.45) is 0 Å². The minimum Gasteiger partial charge on any atom is -0.310 e. The number of hydrogen-bond acceptors (Lipinski definition) is 1. The molecule has 1 nitrogen and oxygen atoms in total. The third kappa shape index (κ3) is 3.99. The fourth-order valence-corrected chi connectivity index (χ4v) is 2.04. The van der Waals surface area contributed by atoms with E-state index in [1.54, 1.807) is 11.8 Å². The molecule has 1 unspecified atom stereocenters. The van der Waals surface area contributed by atoms with Crippen molar-refractivity contribution in [2.45, 2.75) is 5.37 Å². The molecule has 0 aromatic heterocycles. The topological polar surface area (TPSA) is 0 Å². The van der Waals surface area contributed by atoms with E-state index in [1.807, 2.05) is 30.3 Å². The van der Waals surface area contributed by atoms with Gasteiger partial charge < -0.3 is 4.48 Å². The third-order valence-electron chi connectivity index (χ3n) is 2.04. The van der Waals surface area contributed by atoms with Crippen molar-refractivity contribution in [3.05, 3.63) is 35.9 Å². The predicted octanol–water partition coefficient (Wildman–Crippen LogP) is 2.43. The van der Waals surface area contributed by atoms with Gasteiger partial charge in [-0.15, -0.1) is 0 Å². The summed E-state index contributed by atoms with van der Waals surface area (Å²) in [4.78, 5) is 0. The molecule has 0 aliphatic rings. The van der Waals surface area contributed by atoms with Crippen LogP contribution in [0, 0.1) is 11.8 Å². The Hall–Kier alpha value is -0.910. The van der Waals surface area contributed by atoms with E-state index in [4.69, 9.17) is 0 Å². The van der Waals surface area contributed by atoms with Crippen LogP contribution < -0.4 is 0 Å². The number of hydrogen-bond donors (Lipinski definition) is 0. The first-order chi connectivity index (χ1) is 7.04. The Labute approximate surface area is 97.1 Å². The van der Waals surface area contributed by atoms with Gasteiger partial charge >= 0.3 is 0 Å². The molecule has 0 N–H and O–H groups in total. The van der Waals surface area contributed by atoms with Gasteiger partial charge in [-0.3, -0.25) is 0 Å². The first-order valence-electron chi connectivity index (χ1n) is 4.94. The predicted molar refractivity (Wildman–Crippen MR) is 68.7 cm³/mol. The molecule has 0 spiro atoms. The smallest absolute Gasteiger partial charge is 0.197 e. The third-order valence-corrected chi connectivity index (χ3v) is 3.24. The zero-order chi connectivity index (χ0) is 11.3. The van der Waals surface area contributed by atoms with Crippen molar-refractivity contribution >= 4 is 11.8 Å². The summed E-state index contributed by atoms with van der Waals surface area (Å²) in [6.07, 6.45) is 2.10. The van der Waals surface area contributed by atoms with Crippen LogP contribution in [0.1, 0.15) is 5.56 Å². The van der Waals surface area contributed by atoms with E-state index >= 15 is 0 Å². The Bertz CT molecular complexity index is 354. The van der Waals surface area contributed by atoms with Crippen LogP contribution in [0.25, 0.3) is 0 Å². The molecule has 0 aliphatic carbocycles. The number of thioether (sulfide) groups is 1. The van der Waals surface area contributed by atoms with Crippen LogP contribution in [0.15, 0.2) is 30.3 Å². The molecular weight excluding hydrogens is 202 g/mol. The van der Waals surface area contributed by atoms with Gasteiger partial charge in [0.1, 0.15) is 0 Å². The molecule has 15 heavy (non-hydrogen) atoms. The summed E-state index contributed by atoms with van der Waals surface area (Å²) >= 11 is 1.79. The fourth-order valence-electron chi connectivity index (χ4n) is 1.24. The van der Waals surface area contributed by atoms with Crippen molar-refractivity contribution in [2.75, 3.05) is 27.4 Å². The molecule has 1 rings (SSSR count). The Morgan fingerprint density at radius 2 is 1.73 bits per heavy atom. The number of benzene rings is 1. The highest BCUT2D eigenvalue weighted by molar-refractivity contribution is 7.99. The second kappa shape index (κ2) is 5.25. The fraction of sp³-hybridized carbons (Fsp3) is 0.385. The van der Waals surface area contributed by atoms with Crippen LogP contribution in [0.3, 0.4) is 0 Å². The Morgan fingerprint density at radius 1 is 1.13 bits per heavy atom. The first-order valence-corrected chi connectivity index (χ1v) is 6.23. The second-order valence-corrected chi connectivity index (χ2v) is 5.26. The molecule has 0 radical (unpaired) electrons. The Balaban J connectivity index is 2.80. The molecule has 2 heteroatoms. The quantitative estimate of drug-likeness (QED) is 0.419. The number of rotatable bonds is 2. The van der Waals surface area contributed by atoms with E-state index < -0.39 is 0 Å². The maximum absolute atomic E-state index is 3.31. The molecule has 1 aromatic carbocycles. The van der Waals surface area contributed by atoms with Crippen molar-refractivity contribution in [3.63, 3.8) is 0 Å². The van der Waals surface area contributed by atoms with E-state index in [0.29, 0.717) is 5.37 Å². The van der Waals surface area contributed by atoms with Gasteiger partial charge in [0, 0.05) is 5.56 Å². The molecule has 0 heterocycles. The largest absolute Gasteiger partial charge is 0.310 e. The lowest BCUT2D eigenvalue weighted by Crippen LogP contribution is -2.42. The standard InChI is InChI=1S/C13H18NS/c1-14(2,3)13(15-4)11-10-12-8-6-5-7-9-12/h5-9,13H,1-4H3/q+1. The van der Waals surface area contributed by atoms with E-state index in [1.165, 1.54) is 0 Å². The lowest BCUT2D eigenvalue weighted by atomic mass is 10.2. The Morgan fingerprint density at radius 3 is 2.20 bits per heavy atom. The lowest BCUT2D eigenvalue weighted by Gasteiger charge is -2.28. The van der Waals surface area contributed by atoms with E-state index in [9.17, 15) is 0 Å². The first kappa shape index (κ1) is 12.2. The van der Waals surface area contributed by atoms with Gasteiger partial charge in [-0.25, -0.2) is 0 Å². The minimum absolute atomic E-state index is 0.324. The molecule has 0 saturated carbocycles. The summed E-state index contributed by atoms with van der Waals surface area (Å²) in [7, 11) is 6.50. The maximum Gasteiger partial charge on any atom is 0.197 e. The monoisotopic (exact) mass is 220 g/mol. The normalized spacial score (nSPS) is 12.8. The molecule has 0 bridgehead atoms. The van der Waals surface area contributed by atoms with E-state index in [2.05, 4.69) is 39.2 Å². The van der Waals surface area contributed by atoms with Crippen molar-refractivity contribution in [3.8, 4) is 11.8 Å². The zero-order valence-electron chi connectivity index (χ0n) is 9.82. The molecule has 0 saturated heterocycles. The average molecular weight is 220 g/mol. The van der Waals surface area contributed by atoms with Gasteiger partial charge in [-0.1, -0.05) is 35.9 Å². The van der Waals surface area contributed by atoms with Gasteiger partial charge in [-0.2, -0.15) is 0 Å². The van der Waals surface area contributed by atoms with Crippen LogP contribution in [-0.2, 0) is 0 Å². The Kier molecular flexibility index (Phi) is 4.26. The molecule has 1 atom stereocenters. The lowest BCUT2D eigenvalue weighted by molar-refractivity contribution is -0.872. The second-order valence-electron chi connectivity index (χ2n) is 4.34. The zero-order valence-corrected chi connectivity index (χ0v) is 10.6. The van der Waals surface area contributed by atoms with Crippen molar-refractivity contribution in [1.82, 2.24) is 0 Å². The molecule has 0 aliphatic heterocycles. The van der Waals surface area contributed by atoms with Gasteiger partial charge in [0.05, 0.1) is 21.1 Å². The highest BCUT2D eigenvalue weighted by Gasteiger charge is 2.19. The highest BCUT2D eigenvalue weighted by Crippen LogP contribution is 2.14. The molecule has 1 aromatic rings. The van der Waals surface area contributed by atoms with Gasteiger partial charge in [0.15, 0.2) is 5.37 Å². The minimum atomic E-state index is 0.324. The van der Waals surface area contributed by atoms with Crippen molar-refractivity contribution in [1.29, 1.82) is 0 Å². The summed E-state index contributed by atoms with van der Waals surface area (Å²) in [6, 6.07) is 10.1. The van der Waals surface area contributed by atoms with Crippen molar-refractivity contribution < 1.29 is 4.48 Å². The maximum atomic E-state index is 3.31. The van der Waals surface area contributed by atoms with Crippen LogP contribution in [0.4, 0.5) is 0 Å². The average Bonchev–Trinajstić information content (AvgIpc) is 2.18. The molecule has 0 amide bonds. The van der Waals surface area contributed by atoms with E-state index in [-0.39, 0.29) is 0 Å². The van der Waals surface area contributed by atoms with Crippen LogP contribution in [0.2, 0.25) is 0 Å². The molecule has 80 valence electrons.